The Hall–Kier alpha value is -1.51. The molecule has 10 heteroatoms. The zero-order valence-electron chi connectivity index (χ0n) is 44.9. The normalized spacial score (nSPS) is 13.5. The Kier molecular flexibility index (Phi) is 48.4. The van der Waals surface area contributed by atoms with Crippen molar-refractivity contribution in [3.8, 4) is 0 Å². The number of nitrogens with zero attached hydrogens (tertiary/aromatic N) is 1. The molecule has 0 radical (unpaired) electrons. The van der Waals surface area contributed by atoms with Crippen LogP contribution in [0.2, 0.25) is 0 Å². The first-order valence-corrected chi connectivity index (χ1v) is 30.1. The molecule has 0 aromatic heterocycles. The first-order chi connectivity index (χ1) is 32.5. The van der Waals surface area contributed by atoms with Gasteiger partial charge in [0.15, 0.2) is 6.10 Å². The van der Waals surface area contributed by atoms with Gasteiger partial charge in [0.1, 0.15) is 19.8 Å². The van der Waals surface area contributed by atoms with E-state index in [1.807, 2.05) is 21.1 Å². The molecular weight excluding hydrogens is 858 g/mol. The molecule has 0 saturated heterocycles. The maximum absolute atomic E-state index is 12.7. The largest absolute Gasteiger partial charge is 0.472 e. The molecule has 0 saturated carbocycles. The van der Waals surface area contributed by atoms with Gasteiger partial charge in [-0.1, -0.05) is 244 Å². The minimum atomic E-state index is -4.38. The van der Waals surface area contributed by atoms with Gasteiger partial charge in [-0.15, -0.1) is 0 Å². The molecule has 67 heavy (non-hydrogen) atoms. The summed E-state index contributed by atoms with van der Waals surface area (Å²) in [4.78, 5) is 35.6. The third-order valence-electron chi connectivity index (χ3n) is 12.7. The molecule has 0 aliphatic carbocycles. The van der Waals surface area contributed by atoms with Gasteiger partial charge in [0.25, 0.3) is 0 Å². The summed E-state index contributed by atoms with van der Waals surface area (Å²) in [6.07, 6.45) is 58.3. The van der Waals surface area contributed by atoms with Crippen molar-refractivity contribution >= 4 is 19.8 Å². The molecule has 0 amide bonds. The number of quaternary nitrogens is 1. The Morgan fingerprint density at radius 1 is 0.463 bits per heavy atom. The van der Waals surface area contributed by atoms with Crippen molar-refractivity contribution in [1.82, 2.24) is 0 Å². The number of hydrogen-bond donors (Lipinski definition) is 1. The van der Waals surface area contributed by atoms with Gasteiger partial charge in [0.05, 0.1) is 27.7 Å². The number of ether oxygens (including phenoxy) is 2. The molecule has 0 aromatic carbocycles. The van der Waals surface area contributed by atoms with Crippen molar-refractivity contribution in [1.29, 1.82) is 0 Å². The van der Waals surface area contributed by atoms with E-state index in [0.29, 0.717) is 23.9 Å². The summed E-state index contributed by atoms with van der Waals surface area (Å²) < 4.78 is 34.5. The third-order valence-corrected chi connectivity index (χ3v) is 13.7. The van der Waals surface area contributed by atoms with Gasteiger partial charge in [-0.05, 0) is 44.9 Å². The predicted molar refractivity (Wildman–Crippen MR) is 284 cm³/mol. The highest BCUT2D eigenvalue weighted by Crippen LogP contribution is 2.43. The van der Waals surface area contributed by atoms with Gasteiger partial charge < -0.3 is 18.9 Å². The number of carbonyl (C=O) groups is 2. The molecule has 0 aliphatic rings. The minimum absolute atomic E-state index is 0.0310. The maximum Gasteiger partial charge on any atom is 0.472 e. The second kappa shape index (κ2) is 49.5. The van der Waals surface area contributed by atoms with Gasteiger partial charge in [0.2, 0.25) is 0 Å². The second-order valence-electron chi connectivity index (χ2n) is 20.7. The molecule has 0 aromatic rings. The zero-order chi connectivity index (χ0) is 49.2. The van der Waals surface area contributed by atoms with E-state index >= 15 is 0 Å². The third kappa shape index (κ3) is 53.7. The van der Waals surface area contributed by atoms with Crippen molar-refractivity contribution in [2.24, 2.45) is 0 Å². The minimum Gasteiger partial charge on any atom is -0.462 e. The lowest BCUT2D eigenvalue weighted by Crippen LogP contribution is -2.37. The van der Waals surface area contributed by atoms with Crippen LogP contribution in [0.25, 0.3) is 0 Å². The smallest absolute Gasteiger partial charge is 0.462 e. The van der Waals surface area contributed by atoms with Crippen molar-refractivity contribution in [2.45, 2.75) is 283 Å². The van der Waals surface area contributed by atoms with Crippen molar-refractivity contribution in [2.75, 3.05) is 47.5 Å². The number of unbranched alkanes of at least 4 members (excludes halogenated alkanes) is 35. The topological polar surface area (TPSA) is 108 Å². The summed E-state index contributed by atoms with van der Waals surface area (Å²) in [5, 5.41) is 0. The number of hydrogen-bond acceptors (Lipinski definition) is 7. The first-order valence-electron chi connectivity index (χ1n) is 28.6. The maximum atomic E-state index is 12.7. The highest BCUT2D eigenvalue weighted by molar-refractivity contribution is 7.47. The van der Waals surface area contributed by atoms with Crippen LogP contribution in [0.3, 0.4) is 0 Å². The fraction of sp³-hybridized carbons (Fsp3) is 0.895. The Labute approximate surface area is 415 Å². The van der Waals surface area contributed by atoms with E-state index in [1.165, 1.54) is 186 Å². The molecule has 0 heterocycles. The molecule has 0 rings (SSSR count). The lowest BCUT2D eigenvalue weighted by atomic mass is 10.0. The lowest BCUT2D eigenvalue weighted by molar-refractivity contribution is -0.870. The number of esters is 2. The van der Waals surface area contributed by atoms with E-state index in [1.54, 1.807) is 0 Å². The Morgan fingerprint density at radius 2 is 0.806 bits per heavy atom. The monoisotopic (exact) mass is 969 g/mol. The molecule has 0 aliphatic heterocycles. The van der Waals surface area contributed by atoms with E-state index in [2.05, 4.69) is 38.2 Å². The van der Waals surface area contributed by atoms with Crippen LogP contribution in [0.15, 0.2) is 24.3 Å². The summed E-state index contributed by atoms with van der Waals surface area (Å²) in [6, 6.07) is 0. The summed E-state index contributed by atoms with van der Waals surface area (Å²) in [7, 11) is 1.48. The van der Waals surface area contributed by atoms with Crippen molar-refractivity contribution < 1.29 is 42.1 Å². The summed E-state index contributed by atoms with van der Waals surface area (Å²) in [6.45, 7) is 4.43. The van der Waals surface area contributed by atoms with Crippen LogP contribution in [0, 0.1) is 0 Å². The summed E-state index contributed by atoms with van der Waals surface area (Å²) >= 11 is 0. The highest BCUT2D eigenvalue weighted by Gasteiger charge is 2.27. The fourth-order valence-corrected chi connectivity index (χ4v) is 9.02. The number of rotatable bonds is 53. The fourth-order valence-electron chi connectivity index (χ4n) is 8.28. The predicted octanol–water partition coefficient (Wildman–Crippen LogP) is 17.4. The van der Waals surface area contributed by atoms with Crippen LogP contribution in [-0.2, 0) is 32.7 Å². The molecule has 1 N–H and O–H groups in total. The SMILES string of the molecule is CCCCC/C=C\C/C=C\CCCCCCCC(=O)OC(COC(=O)CCCCCCCCCCCCCCCCCCCCCCCCCCCCCC)COP(=O)(O)OCC[N+](C)(C)C. The van der Waals surface area contributed by atoms with Crippen LogP contribution >= 0.6 is 7.82 Å². The molecule has 2 unspecified atom stereocenters. The van der Waals surface area contributed by atoms with Crippen molar-refractivity contribution in [3.63, 3.8) is 0 Å². The molecule has 9 nitrogen and oxygen atoms in total. The molecule has 396 valence electrons. The zero-order valence-corrected chi connectivity index (χ0v) is 45.8. The van der Waals surface area contributed by atoms with Crippen LogP contribution in [0.5, 0.6) is 0 Å². The van der Waals surface area contributed by atoms with Crippen molar-refractivity contribution in [3.05, 3.63) is 24.3 Å². The first kappa shape index (κ1) is 65.5. The molecule has 0 fully saturated rings. The van der Waals surface area contributed by atoms with Gasteiger partial charge in [-0.25, -0.2) is 4.57 Å². The van der Waals surface area contributed by atoms with Gasteiger partial charge in [0, 0.05) is 12.8 Å². The number of phosphoric ester groups is 1. The van der Waals surface area contributed by atoms with E-state index in [4.69, 9.17) is 18.5 Å². The summed E-state index contributed by atoms with van der Waals surface area (Å²) in [5.41, 5.74) is 0. The number of phosphoric acid groups is 1. The van der Waals surface area contributed by atoms with Gasteiger partial charge in [-0.3, -0.25) is 18.6 Å². The van der Waals surface area contributed by atoms with Gasteiger partial charge >= 0.3 is 19.8 Å². The van der Waals surface area contributed by atoms with E-state index < -0.39 is 26.5 Å². The number of allylic oxidation sites excluding steroid dienone is 4. The Balaban J connectivity index is 4.05. The Bertz CT molecular complexity index is 1190. The molecular formula is C57H111NO8P+. The number of carbonyl (C=O) groups excluding carboxylic acids is 2. The number of likely N-dealkylation sites (N-methyl/N-ethyl adjacent to an activating group) is 1. The second-order valence-corrected chi connectivity index (χ2v) is 22.1. The lowest BCUT2D eigenvalue weighted by Gasteiger charge is -2.24. The van der Waals surface area contributed by atoms with E-state index in [0.717, 1.165) is 57.8 Å². The average molecular weight is 969 g/mol. The quantitative estimate of drug-likeness (QED) is 0.0211. The standard InChI is InChI=1S/C57H110NO8P/c1-6-8-10-12-14-16-18-20-22-23-24-25-26-27-28-29-30-31-32-33-34-36-37-39-41-43-45-47-49-56(59)63-53-55(54-65-67(61,62)64-52-51-58(3,4)5)66-57(60)50-48-46-44-42-40-38-35-21-19-17-15-13-11-9-7-2/h15,17,21,35,55H,6-14,16,18-20,22-34,36-54H2,1-5H3/p+1/b17-15-,35-21-. The van der Waals surface area contributed by atoms with Crippen LogP contribution in [0.1, 0.15) is 277 Å². The van der Waals surface area contributed by atoms with Gasteiger partial charge in [-0.2, -0.15) is 0 Å². The van der Waals surface area contributed by atoms with E-state index in [-0.39, 0.29) is 25.6 Å². The highest BCUT2D eigenvalue weighted by atomic mass is 31.2. The summed E-state index contributed by atoms with van der Waals surface area (Å²) in [5.74, 6) is -0.800. The molecule has 0 spiro atoms. The van der Waals surface area contributed by atoms with Crippen LogP contribution in [0.4, 0.5) is 0 Å². The van der Waals surface area contributed by atoms with E-state index in [9.17, 15) is 19.0 Å². The molecule has 0 bridgehead atoms. The van der Waals surface area contributed by atoms with Crippen LogP contribution < -0.4 is 0 Å². The molecule has 2 atom stereocenters. The average Bonchev–Trinajstić information content (AvgIpc) is 3.29. The van der Waals surface area contributed by atoms with Crippen LogP contribution in [-0.4, -0.2) is 74.9 Å². The Morgan fingerprint density at radius 3 is 1.21 bits per heavy atom.